The van der Waals surface area contributed by atoms with E-state index in [-0.39, 0.29) is 0 Å². The van der Waals surface area contributed by atoms with Crippen LogP contribution in [0.25, 0.3) is 0 Å². The summed E-state index contributed by atoms with van der Waals surface area (Å²) in [5.74, 6) is 0.529. The van der Waals surface area contributed by atoms with Crippen molar-refractivity contribution in [2.45, 2.75) is 39.2 Å². The van der Waals surface area contributed by atoms with Gasteiger partial charge in [0.25, 0.3) is 0 Å². The average molecular weight is 220 g/mol. The Bertz CT molecular complexity index is 138. The molecule has 0 aromatic carbocycles. The van der Waals surface area contributed by atoms with E-state index in [1.807, 2.05) is 0 Å². The summed E-state index contributed by atoms with van der Waals surface area (Å²) in [6.07, 6.45) is 2.23. The molecular weight excluding hydrogens is 196 g/mol. The summed E-state index contributed by atoms with van der Waals surface area (Å²) in [6.45, 7) is 6.56. The second-order valence-electron chi connectivity index (χ2n) is 3.86. The molecule has 0 aromatic heterocycles. The molecule has 0 heterocycles. The van der Waals surface area contributed by atoms with Crippen molar-refractivity contribution in [2.75, 3.05) is 21.3 Å². The fourth-order valence-corrected chi connectivity index (χ4v) is 4.80. The van der Waals surface area contributed by atoms with Gasteiger partial charge in [-0.25, -0.2) is 0 Å². The summed E-state index contributed by atoms with van der Waals surface area (Å²) < 4.78 is 16.5. The molecule has 0 aliphatic heterocycles. The summed E-state index contributed by atoms with van der Waals surface area (Å²) >= 11 is 0. The summed E-state index contributed by atoms with van der Waals surface area (Å²) in [4.78, 5) is 0. The first-order valence-corrected chi connectivity index (χ1v) is 7.03. The Morgan fingerprint density at radius 2 is 1.43 bits per heavy atom. The highest BCUT2D eigenvalue weighted by molar-refractivity contribution is 6.62. The summed E-state index contributed by atoms with van der Waals surface area (Å²) in [7, 11) is 2.62. The van der Waals surface area contributed by atoms with Crippen LogP contribution < -0.4 is 0 Å². The maximum absolute atomic E-state index is 5.51. The van der Waals surface area contributed by atoms with Crippen LogP contribution in [-0.2, 0) is 13.3 Å². The van der Waals surface area contributed by atoms with Crippen molar-refractivity contribution in [2.24, 2.45) is 5.92 Å². The van der Waals surface area contributed by atoms with Gasteiger partial charge in [0.2, 0.25) is 0 Å². The zero-order valence-electron chi connectivity index (χ0n) is 10.3. The van der Waals surface area contributed by atoms with E-state index in [4.69, 9.17) is 13.3 Å². The molecule has 1 atom stereocenters. The van der Waals surface area contributed by atoms with Crippen LogP contribution in [0.3, 0.4) is 0 Å². The van der Waals surface area contributed by atoms with E-state index in [0.29, 0.717) is 11.5 Å². The third-order valence-electron chi connectivity index (χ3n) is 2.71. The van der Waals surface area contributed by atoms with Crippen LogP contribution in [0.15, 0.2) is 0 Å². The lowest BCUT2D eigenvalue weighted by Gasteiger charge is -2.34. The topological polar surface area (TPSA) is 27.7 Å². The number of hydrogen-bond acceptors (Lipinski definition) is 3. The molecule has 14 heavy (non-hydrogen) atoms. The maximum Gasteiger partial charge on any atom is 0.503 e. The van der Waals surface area contributed by atoms with Crippen LogP contribution in [0.5, 0.6) is 0 Å². The highest BCUT2D eigenvalue weighted by atomic mass is 28.4. The fourth-order valence-electron chi connectivity index (χ4n) is 1.93. The fraction of sp³-hybridized carbons (Fsp3) is 1.00. The molecule has 0 N–H and O–H groups in total. The second-order valence-corrected chi connectivity index (χ2v) is 7.03. The van der Waals surface area contributed by atoms with Gasteiger partial charge in [-0.05, 0) is 12.3 Å². The van der Waals surface area contributed by atoms with E-state index in [1.165, 1.54) is 0 Å². The van der Waals surface area contributed by atoms with Crippen molar-refractivity contribution >= 4 is 8.80 Å². The van der Waals surface area contributed by atoms with Crippen molar-refractivity contribution in [3.8, 4) is 0 Å². The Morgan fingerprint density at radius 3 is 1.64 bits per heavy atom. The van der Waals surface area contributed by atoms with Crippen molar-refractivity contribution in [3.63, 3.8) is 0 Å². The molecule has 0 aliphatic carbocycles. The molecule has 0 rings (SSSR count). The molecule has 0 radical (unpaired) electrons. The van der Waals surface area contributed by atoms with Crippen LogP contribution in [0.2, 0.25) is 5.54 Å². The molecular formula is C10H24O3Si. The molecule has 0 saturated heterocycles. The van der Waals surface area contributed by atoms with Crippen LogP contribution in [0.1, 0.15) is 33.6 Å². The van der Waals surface area contributed by atoms with E-state index in [1.54, 1.807) is 21.3 Å². The van der Waals surface area contributed by atoms with E-state index >= 15 is 0 Å². The van der Waals surface area contributed by atoms with Crippen molar-refractivity contribution in [3.05, 3.63) is 0 Å². The monoisotopic (exact) mass is 220 g/mol. The lowest BCUT2D eigenvalue weighted by molar-refractivity contribution is 0.102. The Balaban J connectivity index is 4.70. The normalized spacial score (nSPS) is 14.8. The van der Waals surface area contributed by atoms with E-state index < -0.39 is 8.80 Å². The Hall–Kier alpha value is 0.0969. The van der Waals surface area contributed by atoms with Gasteiger partial charge in [0.1, 0.15) is 0 Å². The van der Waals surface area contributed by atoms with Gasteiger partial charge in [-0.2, -0.15) is 0 Å². The van der Waals surface area contributed by atoms with Crippen molar-refractivity contribution < 1.29 is 13.3 Å². The quantitative estimate of drug-likeness (QED) is 0.617. The summed E-state index contributed by atoms with van der Waals surface area (Å²) in [5, 5.41) is 0. The molecule has 3 nitrogen and oxygen atoms in total. The predicted molar refractivity (Wildman–Crippen MR) is 60.3 cm³/mol. The smallest absolute Gasteiger partial charge is 0.377 e. The minimum Gasteiger partial charge on any atom is -0.377 e. The highest BCUT2D eigenvalue weighted by Gasteiger charge is 2.47. The zero-order valence-corrected chi connectivity index (χ0v) is 11.3. The van der Waals surface area contributed by atoms with Gasteiger partial charge in [-0.15, -0.1) is 0 Å². The second kappa shape index (κ2) is 6.56. The minimum absolute atomic E-state index is 0.396. The Kier molecular flexibility index (Phi) is 6.60. The van der Waals surface area contributed by atoms with Gasteiger partial charge in [0.15, 0.2) is 0 Å². The van der Waals surface area contributed by atoms with Gasteiger partial charge in [-0.3, -0.25) is 0 Å². The first-order chi connectivity index (χ1) is 6.57. The van der Waals surface area contributed by atoms with Crippen LogP contribution in [0.4, 0.5) is 0 Å². The van der Waals surface area contributed by atoms with Crippen LogP contribution in [0, 0.1) is 5.92 Å². The summed E-state index contributed by atoms with van der Waals surface area (Å²) in [5.41, 5.74) is 0.396. The molecule has 86 valence electrons. The van der Waals surface area contributed by atoms with E-state index in [0.717, 1.165) is 12.8 Å². The Labute approximate surface area is 89.1 Å². The maximum atomic E-state index is 5.51. The van der Waals surface area contributed by atoms with Crippen molar-refractivity contribution in [1.29, 1.82) is 0 Å². The number of rotatable bonds is 7. The molecule has 0 fully saturated rings. The Morgan fingerprint density at radius 1 is 1.00 bits per heavy atom. The molecule has 0 amide bonds. The van der Waals surface area contributed by atoms with Gasteiger partial charge in [-0.1, -0.05) is 27.2 Å². The number of hydrogen-bond donors (Lipinski definition) is 0. The lowest BCUT2D eigenvalue weighted by atomic mass is 10.1. The minimum atomic E-state index is -2.43. The highest BCUT2D eigenvalue weighted by Crippen LogP contribution is 2.35. The average Bonchev–Trinajstić information content (AvgIpc) is 2.19. The molecule has 4 heteroatoms. The SMILES string of the molecule is CCCC(C(C)C)[Si](OC)(OC)OC. The zero-order chi connectivity index (χ0) is 11.2. The largest absolute Gasteiger partial charge is 0.503 e. The standard InChI is InChI=1S/C10H24O3Si/c1-7-8-10(9(2)3)14(11-4,12-5)13-6/h9-10H,7-8H2,1-6H3. The van der Waals surface area contributed by atoms with Gasteiger partial charge >= 0.3 is 8.80 Å². The first kappa shape index (κ1) is 14.1. The molecule has 0 aliphatic rings. The molecule has 0 aromatic rings. The third-order valence-corrected chi connectivity index (χ3v) is 6.28. The molecule has 1 unspecified atom stereocenters. The predicted octanol–water partition coefficient (Wildman–Crippen LogP) is 2.69. The van der Waals surface area contributed by atoms with E-state index in [9.17, 15) is 0 Å². The van der Waals surface area contributed by atoms with Crippen LogP contribution >= 0.6 is 0 Å². The molecule has 0 saturated carbocycles. The first-order valence-electron chi connectivity index (χ1n) is 5.23. The van der Waals surface area contributed by atoms with Gasteiger partial charge in [0.05, 0.1) is 0 Å². The van der Waals surface area contributed by atoms with Gasteiger partial charge in [0, 0.05) is 26.9 Å². The lowest BCUT2D eigenvalue weighted by Crippen LogP contribution is -2.49. The van der Waals surface area contributed by atoms with E-state index in [2.05, 4.69) is 20.8 Å². The molecule has 0 bridgehead atoms. The summed E-state index contributed by atoms with van der Waals surface area (Å²) in [6, 6.07) is 0. The van der Waals surface area contributed by atoms with Gasteiger partial charge < -0.3 is 13.3 Å². The van der Waals surface area contributed by atoms with Crippen molar-refractivity contribution in [1.82, 2.24) is 0 Å². The molecule has 0 spiro atoms. The third kappa shape index (κ3) is 3.05. The van der Waals surface area contributed by atoms with Crippen LogP contribution in [-0.4, -0.2) is 30.1 Å².